The number of sulfonamides is 1. The molecule has 6 nitrogen and oxygen atoms in total. The van der Waals surface area contributed by atoms with Crippen molar-refractivity contribution < 1.29 is 17.9 Å². The van der Waals surface area contributed by atoms with Crippen molar-refractivity contribution in [3.63, 3.8) is 0 Å². The Morgan fingerprint density at radius 1 is 1.28 bits per heavy atom. The Labute approximate surface area is 159 Å². The number of hydrogen-bond donors (Lipinski definition) is 2. The van der Waals surface area contributed by atoms with Crippen LogP contribution in [0.25, 0.3) is 0 Å². The summed E-state index contributed by atoms with van der Waals surface area (Å²) >= 11 is 9.55. The highest BCUT2D eigenvalue weighted by atomic mass is 79.9. The van der Waals surface area contributed by atoms with Crippen LogP contribution in [0.3, 0.4) is 0 Å². The molecular weight excluding hydrogens is 432 g/mol. The summed E-state index contributed by atoms with van der Waals surface area (Å²) in [4.78, 5) is 12.0. The number of carbonyl (C=O) groups excluding carboxylic acids is 1. The fourth-order valence-corrected chi connectivity index (χ4v) is 3.28. The Morgan fingerprint density at radius 3 is 2.44 bits per heavy atom. The normalized spacial score (nSPS) is 11.2. The summed E-state index contributed by atoms with van der Waals surface area (Å²) in [7, 11) is -3.76. The van der Waals surface area contributed by atoms with Gasteiger partial charge in [-0.15, -0.1) is 0 Å². The van der Waals surface area contributed by atoms with E-state index in [9.17, 15) is 13.2 Å². The number of carbonyl (C=O) groups is 1. The van der Waals surface area contributed by atoms with Crippen molar-refractivity contribution in [1.82, 2.24) is 0 Å². The molecular formula is C16H16BrClN2O4S. The number of primary sulfonamides is 1. The van der Waals surface area contributed by atoms with E-state index in [0.29, 0.717) is 20.9 Å². The van der Waals surface area contributed by atoms with Crippen LogP contribution in [0.1, 0.15) is 11.1 Å². The highest BCUT2D eigenvalue weighted by Crippen LogP contribution is 2.35. The summed E-state index contributed by atoms with van der Waals surface area (Å²) in [6.45, 7) is 3.48. The summed E-state index contributed by atoms with van der Waals surface area (Å²) < 4.78 is 28.6. The lowest BCUT2D eigenvalue weighted by Gasteiger charge is -2.13. The number of nitrogens with one attached hydrogen (secondary N) is 1. The van der Waals surface area contributed by atoms with Gasteiger partial charge >= 0.3 is 0 Å². The number of rotatable bonds is 5. The number of hydrogen-bond acceptors (Lipinski definition) is 4. The third-order valence-corrected chi connectivity index (χ3v) is 5.89. The molecule has 0 fully saturated rings. The van der Waals surface area contributed by atoms with Gasteiger partial charge in [-0.1, -0.05) is 11.6 Å². The molecule has 25 heavy (non-hydrogen) atoms. The Kier molecular flexibility index (Phi) is 6.10. The second-order valence-corrected chi connectivity index (χ2v) is 8.08. The van der Waals surface area contributed by atoms with Crippen LogP contribution in [-0.4, -0.2) is 20.9 Å². The predicted octanol–water partition coefficient (Wildman–Crippen LogP) is 3.38. The quantitative estimate of drug-likeness (QED) is 0.734. The lowest BCUT2D eigenvalue weighted by Crippen LogP contribution is -2.20. The number of ether oxygens (including phenoxy) is 1. The molecule has 0 unspecified atom stereocenters. The van der Waals surface area contributed by atoms with Crippen molar-refractivity contribution in [2.75, 3.05) is 11.9 Å². The van der Waals surface area contributed by atoms with Crippen LogP contribution in [0.2, 0.25) is 5.02 Å². The molecule has 0 aliphatic heterocycles. The lowest BCUT2D eigenvalue weighted by molar-refractivity contribution is -0.118. The van der Waals surface area contributed by atoms with Gasteiger partial charge in [0.05, 0.1) is 9.37 Å². The first-order chi connectivity index (χ1) is 11.6. The van der Waals surface area contributed by atoms with Crippen molar-refractivity contribution in [3.8, 4) is 5.75 Å². The average Bonchev–Trinajstić information content (AvgIpc) is 2.54. The van der Waals surface area contributed by atoms with Crippen LogP contribution in [0.5, 0.6) is 5.75 Å². The minimum Gasteiger partial charge on any atom is -0.483 e. The molecule has 0 aliphatic rings. The van der Waals surface area contributed by atoms with E-state index < -0.39 is 10.0 Å². The Bertz CT molecular complexity index is 915. The largest absolute Gasteiger partial charge is 0.483 e. The standard InChI is InChI=1S/C16H16BrClN2O4S/c1-9-7-13(15(17)10(2)16(9)18)24-8-14(21)20-11-3-5-12(6-4-11)25(19,22)23/h3-7H,8H2,1-2H3,(H,20,21)(H2,19,22,23). The molecule has 0 heterocycles. The summed E-state index contributed by atoms with van der Waals surface area (Å²) in [6.07, 6.45) is 0. The number of halogens is 2. The molecule has 3 N–H and O–H groups in total. The number of amides is 1. The molecule has 2 aromatic carbocycles. The predicted molar refractivity (Wildman–Crippen MR) is 101 cm³/mol. The van der Waals surface area contributed by atoms with Crippen LogP contribution < -0.4 is 15.2 Å². The molecule has 0 radical (unpaired) electrons. The van der Waals surface area contributed by atoms with Crippen LogP contribution in [-0.2, 0) is 14.8 Å². The summed E-state index contributed by atoms with van der Waals surface area (Å²) in [5, 5.41) is 8.27. The summed E-state index contributed by atoms with van der Waals surface area (Å²) in [6, 6.07) is 7.27. The maximum atomic E-state index is 12.0. The Hall–Kier alpha value is -1.61. The van der Waals surface area contributed by atoms with Gasteiger partial charge in [0.1, 0.15) is 5.75 Å². The van der Waals surface area contributed by atoms with E-state index in [4.69, 9.17) is 21.5 Å². The van der Waals surface area contributed by atoms with Crippen LogP contribution in [0.15, 0.2) is 39.7 Å². The molecule has 134 valence electrons. The molecule has 2 rings (SSSR count). The smallest absolute Gasteiger partial charge is 0.262 e. The van der Waals surface area contributed by atoms with E-state index in [-0.39, 0.29) is 17.4 Å². The zero-order valence-corrected chi connectivity index (χ0v) is 16.6. The van der Waals surface area contributed by atoms with Gasteiger partial charge in [-0.2, -0.15) is 0 Å². The number of nitrogens with two attached hydrogens (primary N) is 1. The van der Waals surface area contributed by atoms with Gasteiger partial charge in [0.2, 0.25) is 10.0 Å². The monoisotopic (exact) mass is 446 g/mol. The summed E-state index contributed by atoms with van der Waals surface area (Å²) in [5.41, 5.74) is 2.11. The summed E-state index contributed by atoms with van der Waals surface area (Å²) in [5.74, 6) is 0.125. The molecule has 0 bridgehead atoms. The molecule has 0 aliphatic carbocycles. The minimum atomic E-state index is -3.76. The highest BCUT2D eigenvalue weighted by molar-refractivity contribution is 9.10. The fraction of sp³-hybridized carbons (Fsp3) is 0.188. The van der Waals surface area contributed by atoms with E-state index in [1.54, 1.807) is 6.07 Å². The van der Waals surface area contributed by atoms with Gasteiger partial charge in [0.15, 0.2) is 6.61 Å². The van der Waals surface area contributed by atoms with Gasteiger partial charge < -0.3 is 10.1 Å². The number of aryl methyl sites for hydroxylation is 1. The van der Waals surface area contributed by atoms with Crippen LogP contribution in [0, 0.1) is 13.8 Å². The zero-order valence-electron chi connectivity index (χ0n) is 13.5. The van der Waals surface area contributed by atoms with Gasteiger partial charge in [-0.05, 0) is 71.2 Å². The molecule has 0 atom stereocenters. The van der Waals surface area contributed by atoms with Gasteiger partial charge in [0.25, 0.3) is 5.91 Å². The van der Waals surface area contributed by atoms with Crippen LogP contribution in [0.4, 0.5) is 5.69 Å². The first-order valence-electron chi connectivity index (χ1n) is 7.10. The molecule has 0 aromatic heterocycles. The molecule has 2 aromatic rings. The van der Waals surface area contributed by atoms with Crippen LogP contribution >= 0.6 is 27.5 Å². The molecule has 0 saturated heterocycles. The van der Waals surface area contributed by atoms with E-state index in [2.05, 4.69) is 21.2 Å². The van der Waals surface area contributed by atoms with Crippen molar-refractivity contribution in [2.24, 2.45) is 5.14 Å². The second kappa shape index (κ2) is 7.74. The topological polar surface area (TPSA) is 98.5 Å². The molecule has 1 amide bonds. The number of anilines is 1. The first-order valence-corrected chi connectivity index (χ1v) is 9.82. The van der Waals surface area contributed by atoms with Gasteiger partial charge in [0, 0.05) is 10.7 Å². The van der Waals surface area contributed by atoms with Crippen molar-refractivity contribution in [2.45, 2.75) is 18.7 Å². The Morgan fingerprint density at radius 2 is 1.88 bits per heavy atom. The van der Waals surface area contributed by atoms with Crippen molar-refractivity contribution in [1.29, 1.82) is 0 Å². The number of benzene rings is 2. The Balaban J connectivity index is 2.02. The van der Waals surface area contributed by atoms with E-state index in [0.717, 1.165) is 11.1 Å². The fourth-order valence-electron chi connectivity index (χ4n) is 2.07. The maximum Gasteiger partial charge on any atom is 0.262 e. The van der Waals surface area contributed by atoms with E-state index in [1.165, 1.54) is 24.3 Å². The van der Waals surface area contributed by atoms with Crippen molar-refractivity contribution >= 4 is 49.1 Å². The molecule has 9 heteroatoms. The second-order valence-electron chi connectivity index (χ2n) is 5.35. The average molecular weight is 448 g/mol. The third-order valence-electron chi connectivity index (χ3n) is 3.39. The van der Waals surface area contributed by atoms with Gasteiger partial charge in [-0.25, -0.2) is 13.6 Å². The molecule has 0 saturated carbocycles. The van der Waals surface area contributed by atoms with E-state index >= 15 is 0 Å². The minimum absolute atomic E-state index is 0.0298. The third kappa shape index (κ3) is 4.94. The SMILES string of the molecule is Cc1cc(OCC(=O)Nc2ccc(S(N)(=O)=O)cc2)c(Br)c(C)c1Cl. The molecule has 0 spiro atoms. The zero-order chi connectivity index (χ0) is 18.8. The lowest BCUT2D eigenvalue weighted by atomic mass is 10.1. The first kappa shape index (κ1) is 19.7. The maximum absolute atomic E-state index is 12.0. The van der Waals surface area contributed by atoms with E-state index in [1.807, 2.05) is 13.8 Å². The van der Waals surface area contributed by atoms with Gasteiger partial charge in [-0.3, -0.25) is 4.79 Å². The highest BCUT2D eigenvalue weighted by Gasteiger charge is 2.13. The van der Waals surface area contributed by atoms with Crippen molar-refractivity contribution in [3.05, 3.63) is 51.0 Å².